The van der Waals surface area contributed by atoms with E-state index in [-0.39, 0.29) is 11.9 Å². The van der Waals surface area contributed by atoms with Crippen LogP contribution < -0.4 is 10.1 Å². The van der Waals surface area contributed by atoms with Gasteiger partial charge < -0.3 is 10.1 Å². The molecule has 1 N–H and O–H groups in total. The molecule has 0 spiro atoms. The third-order valence-corrected chi connectivity index (χ3v) is 4.77. The third-order valence-electron chi connectivity index (χ3n) is 3.55. The van der Waals surface area contributed by atoms with Gasteiger partial charge in [0.25, 0.3) is 0 Å². The molecule has 1 aromatic carbocycles. The fourth-order valence-electron chi connectivity index (χ4n) is 2.58. The van der Waals surface area contributed by atoms with Crippen LogP contribution in [0.3, 0.4) is 0 Å². The SMILES string of the molecule is CCCNC1CC(C)SCc2c(OC)ccc(F)c21. The molecular weight excluding hydrogens is 261 g/mol. The molecule has 0 bridgehead atoms. The van der Waals surface area contributed by atoms with E-state index in [0.717, 1.165) is 42.0 Å². The Balaban J connectivity index is 2.42. The number of nitrogens with one attached hydrogen (secondary N) is 1. The van der Waals surface area contributed by atoms with E-state index in [4.69, 9.17) is 4.74 Å². The van der Waals surface area contributed by atoms with Crippen molar-refractivity contribution in [2.45, 2.75) is 43.7 Å². The van der Waals surface area contributed by atoms with Crippen molar-refractivity contribution in [1.29, 1.82) is 0 Å². The number of methoxy groups -OCH3 is 1. The first-order valence-corrected chi connectivity index (χ1v) is 7.92. The van der Waals surface area contributed by atoms with Crippen LogP contribution in [-0.4, -0.2) is 18.9 Å². The lowest BCUT2D eigenvalue weighted by atomic mass is 9.96. The number of ether oxygens (including phenoxy) is 1. The zero-order valence-electron chi connectivity index (χ0n) is 11.8. The van der Waals surface area contributed by atoms with E-state index in [9.17, 15) is 4.39 Å². The van der Waals surface area contributed by atoms with Crippen molar-refractivity contribution in [3.63, 3.8) is 0 Å². The highest BCUT2D eigenvalue weighted by molar-refractivity contribution is 7.99. The summed E-state index contributed by atoms with van der Waals surface area (Å²) in [6.45, 7) is 5.25. The van der Waals surface area contributed by atoms with Crippen molar-refractivity contribution in [3.8, 4) is 5.75 Å². The van der Waals surface area contributed by atoms with Crippen molar-refractivity contribution in [2.75, 3.05) is 13.7 Å². The molecule has 1 aliphatic rings. The maximum Gasteiger partial charge on any atom is 0.128 e. The molecular formula is C15H22FNOS. The number of benzene rings is 1. The van der Waals surface area contributed by atoms with Gasteiger partial charge in [0.15, 0.2) is 0 Å². The largest absolute Gasteiger partial charge is 0.496 e. The molecule has 2 unspecified atom stereocenters. The fourth-order valence-corrected chi connectivity index (χ4v) is 3.66. The summed E-state index contributed by atoms with van der Waals surface area (Å²) in [4.78, 5) is 0. The molecule has 0 radical (unpaired) electrons. The summed E-state index contributed by atoms with van der Waals surface area (Å²) in [7, 11) is 1.65. The van der Waals surface area contributed by atoms with Gasteiger partial charge in [-0.3, -0.25) is 0 Å². The molecule has 2 rings (SSSR count). The maximum absolute atomic E-state index is 14.3. The van der Waals surface area contributed by atoms with E-state index in [2.05, 4.69) is 19.2 Å². The molecule has 19 heavy (non-hydrogen) atoms. The topological polar surface area (TPSA) is 21.3 Å². The van der Waals surface area contributed by atoms with Gasteiger partial charge >= 0.3 is 0 Å². The Labute approximate surface area is 119 Å². The van der Waals surface area contributed by atoms with Crippen LogP contribution in [0.1, 0.15) is 43.9 Å². The van der Waals surface area contributed by atoms with Crippen LogP contribution in [0.15, 0.2) is 12.1 Å². The molecule has 0 aliphatic carbocycles. The van der Waals surface area contributed by atoms with Crippen LogP contribution in [0.25, 0.3) is 0 Å². The quantitative estimate of drug-likeness (QED) is 0.905. The fraction of sp³-hybridized carbons (Fsp3) is 0.600. The molecule has 0 saturated carbocycles. The van der Waals surface area contributed by atoms with Crippen molar-refractivity contribution in [2.24, 2.45) is 0 Å². The number of halogens is 1. The van der Waals surface area contributed by atoms with E-state index >= 15 is 0 Å². The predicted octanol–water partition coefficient (Wildman–Crippen LogP) is 3.90. The highest BCUT2D eigenvalue weighted by Gasteiger charge is 2.27. The summed E-state index contributed by atoms with van der Waals surface area (Å²) in [5, 5.41) is 4.00. The predicted molar refractivity (Wildman–Crippen MR) is 79.4 cm³/mol. The highest BCUT2D eigenvalue weighted by Crippen LogP contribution is 2.40. The van der Waals surface area contributed by atoms with Gasteiger partial charge in [0, 0.05) is 28.2 Å². The van der Waals surface area contributed by atoms with Crippen molar-refractivity contribution in [1.82, 2.24) is 5.32 Å². The van der Waals surface area contributed by atoms with E-state index in [1.165, 1.54) is 6.07 Å². The van der Waals surface area contributed by atoms with Gasteiger partial charge in [-0.2, -0.15) is 11.8 Å². The lowest BCUT2D eigenvalue weighted by Crippen LogP contribution is -2.25. The summed E-state index contributed by atoms with van der Waals surface area (Å²) in [6.07, 6.45) is 2.01. The van der Waals surface area contributed by atoms with Gasteiger partial charge in [-0.05, 0) is 31.5 Å². The average Bonchev–Trinajstić information content (AvgIpc) is 2.57. The smallest absolute Gasteiger partial charge is 0.128 e. The van der Waals surface area contributed by atoms with Crippen LogP contribution in [0, 0.1) is 5.82 Å². The van der Waals surface area contributed by atoms with Gasteiger partial charge in [-0.15, -0.1) is 0 Å². The Hall–Kier alpha value is -0.740. The molecule has 1 heterocycles. The number of rotatable bonds is 4. The molecule has 1 aliphatic heterocycles. The minimum atomic E-state index is -0.112. The van der Waals surface area contributed by atoms with Gasteiger partial charge in [-0.1, -0.05) is 13.8 Å². The second-order valence-electron chi connectivity index (χ2n) is 5.01. The first-order chi connectivity index (χ1) is 9.17. The average molecular weight is 283 g/mol. The monoisotopic (exact) mass is 283 g/mol. The molecule has 0 aromatic heterocycles. The number of hydrogen-bond donors (Lipinski definition) is 1. The van der Waals surface area contributed by atoms with Gasteiger partial charge in [0.1, 0.15) is 11.6 Å². The summed E-state index contributed by atoms with van der Waals surface area (Å²) in [5.41, 5.74) is 1.83. The van der Waals surface area contributed by atoms with E-state index in [1.54, 1.807) is 13.2 Å². The Kier molecular flexibility index (Phi) is 5.11. The standard InChI is InChI=1S/C15H22FNOS/c1-4-7-17-13-8-10(2)19-9-11-14(18-3)6-5-12(16)15(11)13/h5-6,10,13,17H,4,7-9H2,1-3H3. The summed E-state index contributed by atoms with van der Waals surface area (Å²) in [5.74, 6) is 1.52. The molecule has 0 amide bonds. The van der Waals surface area contributed by atoms with E-state index in [0.29, 0.717) is 5.25 Å². The lowest BCUT2D eigenvalue weighted by Gasteiger charge is -2.22. The van der Waals surface area contributed by atoms with Crippen LogP contribution in [0.2, 0.25) is 0 Å². The van der Waals surface area contributed by atoms with Gasteiger partial charge in [0.05, 0.1) is 7.11 Å². The molecule has 0 fully saturated rings. The lowest BCUT2D eigenvalue weighted by molar-refractivity contribution is 0.405. The number of fused-ring (bicyclic) bond motifs is 1. The van der Waals surface area contributed by atoms with Crippen LogP contribution >= 0.6 is 11.8 Å². The summed E-state index contributed by atoms with van der Waals surface area (Å²) in [6, 6.07) is 3.36. The molecule has 106 valence electrons. The van der Waals surface area contributed by atoms with Crippen LogP contribution in [0.5, 0.6) is 5.75 Å². The first kappa shape index (κ1) is 14.7. The number of hydrogen-bond acceptors (Lipinski definition) is 3. The minimum Gasteiger partial charge on any atom is -0.496 e. The normalized spacial score (nSPS) is 22.7. The Morgan fingerprint density at radius 3 is 2.95 bits per heavy atom. The Morgan fingerprint density at radius 1 is 1.47 bits per heavy atom. The van der Waals surface area contributed by atoms with Crippen molar-refractivity contribution >= 4 is 11.8 Å². The Morgan fingerprint density at radius 2 is 2.26 bits per heavy atom. The van der Waals surface area contributed by atoms with Crippen molar-refractivity contribution in [3.05, 3.63) is 29.1 Å². The molecule has 0 saturated heterocycles. The molecule has 2 atom stereocenters. The zero-order valence-corrected chi connectivity index (χ0v) is 12.6. The molecule has 1 aromatic rings. The maximum atomic E-state index is 14.3. The summed E-state index contributed by atoms with van der Waals surface area (Å²) < 4.78 is 19.7. The first-order valence-electron chi connectivity index (χ1n) is 6.87. The van der Waals surface area contributed by atoms with Gasteiger partial charge in [0.2, 0.25) is 0 Å². The molecule has 4 heteroatoms. The van der Waals surface area contributed by atoms with Crippen LogP contribution in [0.4, 0.5) is 4.39 Å². The van der Waals surface area contributed by atoms with Crippen LogP contribution in [-0.2, 0) is 5.75 Å². The zero-order chi connectivity index (χ0) is 13.8. The highest BCUT2D eigenvalue weighted by atomic mass is 32.2. The number of thioether (sulfide) groups is 1. The van der Waals surface area contributed by atoms with Crippen molar-refractivity contribution < 1.29 is 9.13 Å². The van der Waals surface area contributed by atoms with E-state index < -0.39 is 0 Å². The van der Waals surface area contributed by atoms with Gasteiger partial charge in [-0.25, -0.2) is 4.39 Å². The Bertz CT molecular complexity index is 438. The van der Waals surface area contributed by atoms with E-state index in [1.807, 2.05) is 11.8 Å². The summed E-state index contributed by atoms with van der Waals surface area (Å²) >= 11 is 1.87. The minimum absolute atomic E-state index is 0.0926. The molecule has 2 nitrogen and oxygen atoms in total. The third kappa shape index (κ3) is 3.23. The second kappa shape index (κ2) is 6.62. The second-order valence-corrected chi connectivity index (χ2v) is 6.43.